The number of carbonyl (C=O) groups excluding carboxylic acids is 1. The minimum atomic E-state index is 0.0185. The standard InChI is InChI=1S/C16H30N2O/c1-2-15(17-13-9-5-3-6-10-13)16(19)18-14-11-7-4-8-12-14/h13-15,17H,2-12H2,1H3,(H,18,19). The van der Waals surface area contributed by atoms with Crippen molar-refractivity contribution in [1.29, 1.82) is 0 Å². The summed E-state index contributed by atoms with van der Waals surface area (Å²) < 4.78 is 0. The largest absolute Gasteiger partial charge is 0.352 e. The summed E-state index contributed by atoms with van der Waals surface area (Å²) >= 11 is 0. The molecule has 2 aliphatic rings. The van der Waals surface area contributed by atoms with E-state index in [4.69, 9.17) is 0 Å². The molecular formula is C16H30N2O. The van der Waals surface area contributed by atoms with Crippen molar-refractivity contribution in [2.45, 2.75) is 95.7 Å². The Morgan fingerprint density at radius 3 is 2.00 bits per heavy atom. The predicted molar refractivity (Wildman–Crippen MR) is 79.1 cm³/mol. The summed E-state index contributed by atoms with van der Waals surface area (Å²) in [6.07, 6.45) is 13.6. The Morgan fingerprint density at radius 1 is 0.947 bits per heavy atom. The maximum Gasteiger partial charge on any atom is 0.237 e. The molecule has 0 aromatic carbocycles. The van der Waals surface area contributed by atoms with Gasteiger partial charge in [-0.2, -0.15) is 0 Å². The van der Waals surface area contributed by atoms with Gasteiger partial charge in [-0.3, -0.25) is 4.79 Å². The van der Waals surface area contributed by atoms with Crippen LogP contribution in [0.1, 0.15) is 77.6 Å². The fraction of sp³-hybridized carbons (Fsp3) is 0.938. The van der Waals surface area contributed by atoms with Gasteiger partial charge in [0.25, 0.3) is 0 Å². The molecule has 110 valence electrons. The number of rotatable bonds is 5. The van der Waals surface area contributed by atoms with Crippen molar-refractivity contribution in [2.24, 2.45) is 0 Å². The molecule has 0 aromatic rings. The van der Waals surface area contributed by atoms with Gasteiger partial charge >= 0.3 is 0 Å². The predicted octanol–water partition coefficient (Wildman–Crippen LogP) is 3.14. The maximum absolute atomic E-state index is 12.3. The quantitative estimate of drug-likeness (QED) is 0.802. The molecule has 2 N–H and O–H groups in total. The summed E-state index contributed by atoms with van der Waals surface area (Å²) in [7, 11) is 0. The summed E-state index contributed by atoms with van der Waals surface area (Å²) in [4.78, 5) is 12.3. The molecule has 1 atom stereocenters. The van der Waals surface area contributed by atoms with E-state index in [1.54, 1.807) is 0 Å². The summed E-state index contributed by atoms with van der Waals surface area (Å²) in [5.74, 6) is 0.236. The zero-order valence-corrected chi connectivity index (χ0v) is 12.4. The number of hydrogen-bond acceptors (Lipinski definition) is 2. The molecule has 0 spiro atoms. The first-order valence-corrected chi connectivity index (χ1v) is 8.36. The van der Waals surface area contributed by atoms with Gasteiger partial charge in [-0.1, -0.05) is 45.4 Å². The second kappa shape index (κ2) is 7.88. The number of nitrogens with one attached hydrogen (secondary N) is 2. The van der Waals surface area contributed by atoms with Crippen LogP contribution in [-0.4, -0.2) is 24.0 Å². The fourth-order valence-electron chi connectivity index (χ4n) is 3.48. The summed E-state index contributed by atoms with van der Waals surface area (Å²) in [6, 6.07) is 1.02. The third-order valence-electron chi connectivity index (χ3n) is 4.72. The van der Waals surface area contributed by atoms with Crippen LogP contribution in [0.3, 0.4) is 0 Å². The number of carbonyl (C=O) groups is 1. The van der Waals surface area contributed by atoms with Crippen LogP contribution in [0.5, 0.6) is 0 Å². The molecular weight excluding hydrogens is 236 g/mol. The Bertz CT molecular complexity index is 268. The Hall–Kier alpha value is -0.570. The molecule has 3 nitrogen and oxygen atoms in total. The second-order valence-electron chi connectivity index (χ2n) is 6.31. The minimum absolute atomic E-state index is 0.0185. The monoisotopic (exact) mass is 266 g/mol. The zero-order chi connectivity index (χ0) is 13.5. The lowest BCUT2D eigenvalue weighted by Gasteiger charge is -2.29. The van der Waals surface area contributed by atoms with Gasteiger partial charge in [-0.25, -0.2) is 0 Å². The van der Waals surface area contributed by atoms with Crippen LogP contribution < -0.4 is 10.6 Å². The van der Waals surface area contributed by atoms with Crippen molar-refractivity contribution in [3.05, 3.63) is 0 Å². The maximum atomic E-state index is 12.3. The fourth-order valence-corrected chi connectivity index (χ4v) is 3.48. The Balaban J connectivity index is 1.76. The third-order valence-corrected chi connectivity index (χ3v) is 4.72. The second-order valence-corrected chi connectivity index (χ2v) is 6.31. The van der Waals surface area contributed by atoms with Gasteiger partial charge in [0.2, 0.25) is 5.91 Å². The smallest absolute Gasteiger partial charge is 0.237 e. The van der Waals surface area contributed by atoms with Crippen molar-refractivity contribution in [3.8, 4) is 0 Å². The van der Waals surface area contributed by atoms with E-state index in [1.807, 2.05) is 0 Å². The first-order chi connectivity index (χ1) is 9.29. The third kappa shape index (κ3) is 4.79. The van der Waals surface area contributed by atoms with Gasteiger partial charge in [-0.05, 0) is 32.1 Å². The van der Waals surface area contributed by atoms with Gasteiger partial charge < -0.3 is 10.6 Å². The van der Waals surface area contributed by atoms with E-state index in [-0.39, 0.29) is 11.9 Å². The highest BCUT2D eigenvalue weighted by Crippen LogP contribution is 2.19. The van der Waals surface area contributed by atoms with Crippen LogP contribution in [0.4, 0.5) is 0 Å². The zero-order valence-electron chi connectivity index (χ0n) is 12.4. The molecule has 0 aliphatic heterocycles. The van der Waals surface area contributed by atoms with Crippen LogP contribution >= 0.6 is 0 Å². The van der Waals surface area contributed by atoms with Crippen molar-refractivity contribution < 1.29 is 4.79 Å². The normalized spacial score (nSPS) is 24.1. The first-order valence-electron chi connectivity index (χ1n) is 8.36. The molecule has 3 heteroatoms. The summed E-state index contributed by atoms with van der Waals surface area (Å²) in [5.41, 5.74) is 0. The molecule has 0 saturated heterocycles. The van der Waals surface area contributed by atoms with Gasteiger partial charge in [0.1, 0.15) is 0 Å². The van der Waals surface area contributed by atoms with Crippen molar-refractivity contribution in [1.82, 2.24) is 10.6 Å². The molecule has 1 amide bonds. The molecule has 2 aliphatic carbocycles. The van der Waals surface area contributed by atoms with Gasteiger partial charge in [0, 0.05) is 12.1 Å². The molecule has 1 unspecified atom stereocenters. The van der Waals surface area contributed by atoms with Crippen molar-refractivity contribution >= 4 is 5.91 Å². The van der Waals surface area contributed by atoms with Gasteiger partial charge in [-0.15, -0.1) is 0 Å². The van der Waals surface area contributed by atoms with Crippen LogP contribution in [0.2, 0.25) is 0 Å². The van der Waals surface area contributed by atoms with E-state index in [0.29, 0.717) is 12.1 Å². The lowest BCUT2D eigenvalue weighted by Crippen LogP contribution is -2.51. The topological polar surface area (TPSA) is 41.1 Å². The van der Waals surface area contributed by atoms with Gasteiger partial charge in [0.15, 0.2) is 0 Å². The van der Waals surface area contributed by atoms with Crippen LogP contribution in [-0.2, 0) is 4.79 Å². The van der Waals surface area contributed by atoms with E-state index in [1.165, 1.54) is 64.2 Å². The van der Waals surface area contributed by atoms with Crippen LogP contribution in [0, 0.1) is 0 Å². The minimum Gasteiger partial charge on any atom is -0.352 e. The molecule has 0 heterocycles. The Labute approximate surface area is 117 Å². The Morgan fingerprint density at radius 2 is 1.47 bits per heavy atom. The van der Waals surface area contributed by atoms with E-state index in [9.17, 15) is 4.79 Å². The first kappa shape index (κ1) is 14.8. The van der Waals surface area contributed by atoms with E-state index >= 15 is 0 Å². The summed E-state index contributed by atoms with van der Waals surface area (Å²) in [5, 5.41) is 6.84. The van der Waals surface area contributed by atoms with E-state index in [0.717, 1.165) is 6.42 Å². The Kier molecular flexibility index (Phi) is 6.15. The lowest BCUT2D eigenvalue weighted by atomic mass is 9.93. The van der Waals surface area contributed by atoms with E-state index in [2.05, 4.69) is 17.6 Å². The van der Waals surface area contributed by atoms with Crippen molar-refractivity contribution in [2.75, 3.05) is 0 Å². The molecule has 2 saturated carbocycles. The highest BCUT2D eigenvalue weighted by Gasteiger charge is 2.24. The van der Waals surface area contributed by atoms with E-state index < -0.39 is 0 Å². The van der Waals surface area contributed by atoms with Crippen LogP contribution in [0.15, 0.2) is 0 Å². The molecule has 2 rings (SSSR count). The highest BCUT2D eigenvalue weighted by molar-refractivity contribution is 5.82. The molecule has 2 fully saturated rings. The molecule has 0 bridgehead atoms. The highest BCUT2D eigenvalue weighted by atomic mass is 16.2. The average molecular weight is 266 g/mol. The number of hydrogen-bond donors (Lipinski definition) is 2. The van der Waals surface area contributed by atoms with Crippen LogP contribution in [0.25, 0.3) is 0 Å². The molecule has 0 radical (unpaired) electrons. The SMILES string of the molecule is CCC(NC1CCCCC1)C(=O)NC1CCCCC1. The summed E-state index contributed by atoms with van der Waals surface area (Å²) in [6.45, 7) is 2.11. The number of amides is 1. The molecule has 19 heavy (non-hydrogen) atoms. The molecule has 0 aromatic heterocycles. The van der Waals surface area contributed by atoms with Crippen molar-refractivity contribution in [3.63, 3.8) is 0 Å². The van der Waals surface area contributed by atoms with Gasteiger partial charge in [0.05, 0.1) is 6.04 Å². The average Bonchev–Trinajstić information content (AvgIpc) is 2.47. The lowest BCUT2D eigenvalue weighted by molar-refractivity contribution is -0.124.